The topological polar surface area (TPSA) is 158 Å². The molecule has 2 amide bonds. The van der Waals surface area contributed by atoms with Crippen LogP contribution in [0.1, 0.15) is 19.4 Å². The quantitative estimate of drug-likeness (QED) is 0.333. The van der Waals surface area contributed by atoms with Gasteiger partial charge in [-0.05, 0) is 31.5 Å². The minimum atomic E-state index is -1.79. The minimum absolute atomic E-state index is 0.293. The van der Waals surface area contributed by atoms with Gasteiger partial charge in [-0.2, -0.15) is 0 Å². The van der Waals surface area contributed by atoms with E-state index in [0.717, 1.165) is 0 Å². The number of hydrogen-bond donors (Lipinski definition) is 6. The molecule has 2 unspecified atom stereocenters. The summed E-state index contributed by atoms with van der Waals surface area (Å²) >= 11 is 5.51. The molecule has 1 aliphatic heterocycles. The highest BCUT2D eigenvalue weighted by Crippen LogP contribution is 2.32. The number of rotatable bonds is 7. The summed E-state index contributed by atoms with van der Waals surface area (Å²) in [6.45, 7) is 3.64. The van der Waals surface area contributed by atoms with Crippen molar-refractivity contribution in [3.05, 3.63) is 29.8 Å². The van der Waals surface area contributed by atoms with Crippen LogP contribution in [0.3, 0.4) is 0 Å². The second-order valence-electron chi connectivity index (χ2n) is 7.01. The molecule has 0 aromatic heterocycles. The zero-order chi connectivity index (χ0) is 21.8. The smallest absolute Gasteiger partial charge is 0.335 e. The van der Waals surface area contributed by atoms with Gasteiger partial charge in [0.2, 0.25) is 0 Å². The average Bonchev–Trinajstić information content (AvgIpc) is 2.66. The highest BCUT2D eigenvalue weighted by molar-refractivity contribution is 6.18. The Kier molecular flexibility index (Phi) is 7.80. The summed E-state index contributed by atoms with van der Waals surface area (Å²) in [7, 11) is 0. The van der Waals surface area contributed by atoms with Gasteiger partial charge in [0.1, 0.15) is 18.3 Å². The Morgan fingerprint density at radius 2 is 1.76 bits per heavy atom. The number of amides is 2. The van der Waals surface area contributed by atoms with Crippen molar-refractivity contribution >= 4 is 29.3 Å². The first kappa shape index (κ1) is 23.3. The molecule has 0 bridgehead atoms. The maximum absolute atomic E-state index is 11.7. The van der Waals surface area contributed by atoms with E-state index < -0.39 is 48.3 Å². The molecule has 10 nitrogen and oxygen atoms in total. The fourth-order valence-electron chi connectivity index (χ4n) is 2.80. The standard InChI is InChI=1S/C18H25ClN2O8/c1-18(2,9-3-5-10(6-4-9)21-17(27)20-8-7-19)29-16-13(24)11(22)12(23)14(28-16)15(25)26/h3-6,11-14,16,22-24H,7-8H2,1-2H3,(H,25,26)(H2,20,21,27)/t11-,12+,13?,14?,16+/m1/s1. The van der Waals surface area contributed by atoms with Gasteiger partial charge in [0.05, 0.1) is 5.60 Å². The van der Waals surface area contributed by atoms with Gasteiger partial charge in [0, 0.05) is 18.1 Å². The number of carbonyl (C=O) groups excluding carboxylic acids is 1. The molecule has 1 fully saturated rings. The molecular weight excluding hydrogens is 408 g/mol. The number of carboxylic acid groups (broad SMARTS) is 1. The van der Waals surface area contributed by atoms with Crippen LogP contribution in [-0.4, -0.2) is 75.6 Å². The normalized spacial score (nSPS) is 27.3. The first-order valence-electron chi connectivity index (χ1n) is 8.88. The Bertz CT molecular complexity index is 714. The monoisotopic (exact) mass is 432 g/mol. The molecular formula is C18H25ClN2O8. The number of aliphatic carboxylic acids is 1. The number of anilines is 1. The van der Waals surface area contributed by atoms with Crippen molar-refractivity contribution in [2.45, 2.75) is 50.2 Å². The summed E-state index contributed by atoms with van der Waals surface area (Å²) in [4.78, 5) is 22.9. The third-order valence-electron chi connectivity index (χ3n) is 4.44. The third-order valence-corrected chi connectivity index (χ3v) is 4.63. The first-order chi connectivity index (χ1) is 13.6. The fourth-order valence-corrected chi connectivity index (χ4v) is 2.89. The van der Waals surface area contributed by atoms with E-state index in [1.165, 1.54) is 0 Å². The summed E-state index contributed by atoms with van der Waals surface area (Å²) in [6, 6.07) is 6.22. The Morgan fingerprint density at radius 3 is 2.31 bits per heavy atom. The third kappa shape index (κ3) is 5.78. The van der Waals surface area contributed by atoms with Crippen molar-refractivity contribution in [2.75, 3.05) is 17.7 Å². The zero-order valence-electron chi connectivity index (χ0n) is 15.9. The Balaban J connectivity index is 2.08. The van der Waals surface area contributed by atoms with Gasteiger partial charge >= 0.3 is 12.0 Å². The maximum atomic E-state index is 11.7. The van der Waals surface area contributed by atoms with E-state index >= 15 is 0 Å². The number of urea groups is 1. The number of halogens is 1. The van der Waals surface area contributed by atoms with Gasteiger partial charge in [0.25, 0.3) is 0 Å². The molecule has 0 radical (unpaired) electrons. The van der Waals surface area contributed by atoms with Gasteiger partial charge < -0.3 is 40.5 Å². The van der Waals surface area contributed by atoms with Crippen LogP contribution >= 0.6 is 11.6 Å². The van der Waals surface area contributed by atoms with Crippen molar-refractivity contribution in [1.82, 2.24) is 5.32 Å². The lowest BCUT2D eigenvalue weighted by Gasteiger charge is -2.41. The molecule has 11 heteroatoms. The number of ether oxygens (including phenoxy) is 2. The second-order valence-corrected chi connectivity index (χ2v) is 7.39. The van der Waals surface area contributed by atoms with E-state index in [4.69, 9.17) is 26.2 Å². The summed E-state index contributed by atoms with van der Waals surface area (Å²) in [5, 5.41) is 44.1. The van der Waals surface area contributed by atoms with E-state index in [2.05, 4.69) is 10.6 Å². The van der Waals surface area contributed by atoms with Crippen molar-refractivity contribution in [3.8, 4) is 0 Å². The van der Waals surface area contributed by atoms with Crippen molar-refractivity contribution < 1.29 is 39.5 Å². The summed E-state index contributed by atoms with van der Waals surface area (Å²) in [5.41, 5.74) is 0.0958. The molecule has 1 heterocycles. The van der Waals surface area contributed by atoms with Crippen LogP contribution in [0.5, 0.6) is 0 Å². The molecule has 1 saturated heterocycles. The van der Waals surface area contributed by atoms with E-state index in [0.29, 0.717) is 23.7 Å². The Morgan fingerprint density at radius 1 is 1.14 bits per heavy atom. The SMILES string of the molecule is CC(C)(O[C@@H]1OC(C(=O)O)[C@@H](O)[C@@H](O)C1O)c1ccc(NC(=O)NCCCl)cc1. The molecule has 2 rings (SSSR count). The highest BCUT2D eigenvalue weighted by Gasteiger charge is 2.49. The van der Waals surface area contributed by atoms with Crippen LogP contribution < -0.4 is 10.6 Å². The molecule has 5 atom stereocenters. The highest BCUT2D eigenvalue weighted by atomic mass is 35.5. The summed E-state index contributed by atoms with van der Waals surface area (Å²) in [6.07, 6.45) is -8.41. The largest absolute Gasteiger partial charge is 0.479 e. The van der Waals surface area contributed by atoms with Gasteiger partial charge in [-0.25, -0.2) is 9.59 Å². The number of aliphatic hydroxyl groups excluding tert-OH is 3. The lowest BCUT2D eigenvalue weighted by molar-refractivity contribution is -0.318. The predicted octanol–water partition coefficient (Wildman–Crippen LogP) is 0.191. The van der Waals surface area contributed by atoms with Gasteiger partial charge in [-0.15, -0.1) is 11.6 Å². The van der Waals surface area contributed by atoms with Gasteiger partial charge in [0.15, 0.2) is 12.4 Å². The fraction of sp³-hybridized carbons (Fsp3) is 0.556. The van der Waals surface area contributed by atoms with Gasteiger partial charge in [-0.1, -0.05) is 12.1 Å². The number of benzene rings is 1. The molecule has 6 N–H and O–H groups in total. The molecule has 0 aliphatic carbocycles. The molecule has 1 aliphatic rings. The lowest BCUT2D eigenvalue weighted by Crippen LogP contribution is -2.61. The van der Waals surface area contributed by atoms with E-state index in [1.807, 2.05) is 0 Å². The lowest BCUT2D eigenvalue weighted by atomic mass is 9.96. The van der Waals surface area contributed by atoms with Gasteiger partial charge in [-0.3, -0.25) is 0 Å². The number of alkyl halides is 1. The molecule has 0 saturated carbocycles. The van der Waals surface area contributed by atoms with Crippen molar-refractivity contribution in [2.24, 2.45) is 0 Å². The number of hydrogen-bond acceptors (Lipinski definition) is 7. The first-order valence-corrected chi connectivity index (χ1v) is 9.42. The van der Waals surface area contributed by atoms with E-state index in [-0.39, 0.29) is 0 Å². The van der Waals surface area contributed by atoms with E-state index in [1.54, 1.807) is 38.1 Å². The molecule has 1 aromatic carbocycles. The average molecular weight is 433 g/mol. The van der Waals surface area contributed by atoms with Crippen LogP contribution in [0.2, 0.25) is 0 Å². The minimum Gasteiger partial charge on any atom is -0.479 e. The number of nitrogens with one attached hydrogen (secondary N) is 2. The van der Waals surface area contributed by atoms with Crippen molar-refractivity contribution in [1.29, 1.82) is 0 Å². The van der Waals surface area contributed by atoms with E-state index in [9.17, 15) is 24.9 Å². The zero-order valence-corrected chi connectivity index (χ0v) is 16.7. The predicted molar refractivity (Wildman–Crippen MR) is 103 cm³/mol. The number of carbonyl (C=O) groups is 2. The summed E-state index contributed by atoms with van der Waals surface area (Å²) < 4.78 is 10.9. The second kappa shape index (κ2) is 9.70. The molecule has 1 aromatic rings. The van der Waals surface area contributed by atoms with Crippen LogP contribution in [0.15, 0.2) is 24.3 Å². The molecule has 29 heavy (non-hydrogen) atoms. The van der Waals surface area contributed by atoms with Crippen LogP contribution in [0, 0.1) is 0 Å². The molecule has 0 spiro atoms. The van der Waals surface area contributed by atoms with Crippen LogP contribution in [0.25, 0.3) is 0 Å². The maximum Gasteiger partial charge on any atom is 0.335 e. The number of aliphatic hydroxyl groups is 3. The van der Waals surface area contributed by atoms with Crippen molar-refractivity contribution in [3.63, 3.8) is 0 Å². The Hall–Kier alpha value is -1.95. The molecule has 162 valence electrons. The number of carboxylic acids is 1. The van der Waals surface area contributed by atoms with Crippen LogP contribution in [-0.2, 0) is 19.9 Å². The summed E-state index contributed by atoms with van der Waals surface area (Å²) in [5.74, 6) is -1.20. The van der Waals surface area contributed by atoms with Crippen LogP contribution in [0.4, 0.5) is 10.5 Å². The Labute approximate surface area is 172 Å².